The highest BCUT2D eigenvalue weighted by molar-refractivity contribution is 5.79. The predicted octanol–water partition coefficient (Wildman–Crippen LogP) is 2.11. The first-order chi connectivity index (χ1) is 9.58. The molecular weight excluding hydrogens is 254 g/mol. The second kappa shape index (κ2) is 5.91. The van der Waals surface area contributed by atoms with E-state index in [-0.39, 0.29) is 17.9 Å². The van der Waals surface area contributed by atoms with Crippen LogP contribution in [-0.2, 0) is 11.3 Å². The summed E-state index contributed by atoms with van der Waals surface area (Å²) in [5.41, 5.74) is 1.22. The highest BCUT2D eigenvalue weighted by Crippen LogP contribution is 2.28. The molecule has 1 aromatic heterocycles. The van der Waals surface area contributed by atoms with Crippen molar-refractivity contribution < 1.29 is 9.53 Å². The number of rotatable bonds is 2. The Morgan fingerprint density at radius 3 is 3.05 bits per heavy atom. The van der Waals surface area contributed by atoms with Crippen molar-refractivity contribution in [3.63, 3.8) is 0 Å². The Kier molecular flexibility index (Phi) is 4.23. The van der Waals surface area contributed by atoms with Gasteiger partial charge < -0.3 is 9.64 Å². The summed E-state index contributed by atoms with van der Waals surface area (Å²) >= 11 is 0. The van der Waals surface area contributed by atoms with Crippen molar-refractivity contribution in [3.8, 4) is 11.8 Å². The molecule has 5 heteroatoms. The van der Waals surface area contributed by atoms with Gasteiger partial charge in [-0.25, -0.2) is 0 Å². The fourth-order valence-electron chi connectivity index (χ4n) is 2.24. The zero-order valence-corrected chi connectivity index (χ0v) is 12.1. The zero-order chi connectivity index (χ0) is 14.7. The van der Waals surface area contributed by atoms with Gasteiger partial charge in [-0.1, -0.05) is 13.8 Å². The van der Waals surface area contributed by atoms with Crippen LogP contribution in [0.25, 0.3) is 0 Å². The quantitative estimate of drug-likeness (QED) is 0.827. The van der Waals surface area contributed by atoms with Crippen LogP contribution in [0.3, 0.4) is 0 Å². The highest BCUT2D eigenvalue weighted by atomic mass is 16.5. The molecule has 0 bridgehead atoms. The van der Waals surface area contributed by atoms with E-state index in [2.05, 4.69) is 11.1 Å². The highest BCUT2D eigenvalue weighted by Gasteiger charge is 2.29. The number of hydrogen-bond acceptors (Lipinski definition) is 4. The molecule has 2 heterocycles. The van der Waals surface area contributed by atoms with E-state index in [0.29, 0.717) is 24.5 Å². The maximum atomic E-state index is 12.4. The summed E-state index contributed by atoms with van der Waals surface area (Å²) in [6, 6.07) is 2.07. The van der Waals surface area contributed by atoms with Crippen LogP contribution in [0.2, 0.25) is 0 Å². The van der Waals surface area contributed by atoms with Crippen LogP contribution in [0.5, 0.6) is 5.75 Å². The first-order valence-electron chi connectivity index (χ1n) is 6.88. The van der Waals surface area contributed by atoms with E-state index < -0.39 is 0 Å². The van der Waals surface area contributed by atoms with Crippen molar-refractivity contribution in [2.75, 3.05) is 6.61 Å². The molecule has 0 N–H and O–H groups in total. The van der Waals surface area contributed by atoms with Gasteiger partial charge in [0.15, 0.2) is 0 Å². The third-order valence-corrected chi connectivity index (χ3v) is 3.75. The molecule has 0 radical (unpaired) electrons. The molecule has 1 aliphatic heterocycles. The van der Waals surface area contributed by atoms with Crippen LogP contribution in [0, 0.1) is 17.2 Å². The second-order valence-electron chi connectivity index (χ2n) is 5.22. The molecule has 0 fully saturated rings. The molecule has 20 heavy (non-hydrogen) atoms. The fourth-order valence-corrected chi connectivity index (χ4v) is 2.24. The molecule has 0 saturated carbocycles. The molecule has 0 aromatic carbocycles. The van der Waals surface area contributed by atoms with Crippen LogP contribution in [0.15, 0.2) is 12.4 Å². The number of carbonyl (C=O) groups is 1. The van der Waals surface area contributed by atoms with Crippen molar-refractivity contribution in [2.45, 2.75) is 39.8 Å². The number of pyridine rings is 1. The second-order valence-corrected chi connectivity index (χ2v) is 5.22. The Labute approximate surface area is 119 Å². The maximum Gasteiger partial charge on any atom is 0.226 e. The number of hydrogen-bond donors (Lipinski definition) is 0. The monoisotopic (exact) mass is 273 g/mol. The number of amides is 1. The van der Waals surface area contributed by atoms with Gasteiger partial charge in [-0.3, -0.25) is 9.78 Å². The average molecular weight is 273 g/mol. The Hall–Kier alpha value is -2.09. The minimum Gasteiger partial charge on any atom is -0.490 e. The summed E-state index contributed by atoms with van der Waals surface area (Å²) < 4.78 is 5.72. The van der Waals surface area contributed by atoms with Crippen LogP contribution in [-0.4, -0.2) is 28.4 Å². The third-order valence-electron chi connectivity index (χ3n) is 3.75. The van der Waals surface area contributed by atoms with Gasteiger partial charge in [0.2, 0.25) is 5.91 Å². The lowest BCUT2D eigenvalue weighted by Crippen LogP contribution is -2.42. The summed E-state index contributed by atoms with van der Waals surface area (Å²) in [6.07, 6.45) is 3.98. The van der Waals surface area contributed by atoms with Crippen LogP contribution in [0.1, 0.15) is 38.3 Å². The van der Waals surface area contributed by atoms with Gasteiger partial charge >= 0.3 is 0 Å². The number of carbonyl (C=O) groups excluding carboxylic acids is 1. The molecule has 1 aliphatic rings. The Balaban J connectivity index is 2.34. The van der Waals surface area contributed by atoms with E-state index in [0.717, 1.165) is 12.0 Å². The smallest absolute Gasteiger partial charge is 0.226 e. The van der Waals surface area contributed by atoms with Crippen LogP contribution < -0.4 is 4.74 Å². The van der Waals surface area contributed by atoms with E-state index >= 15 is 0 Å². The summed E-state index contributed by atoms with van der Waals surface area (Å²) in [5, 5.41) is 9.10. The fraction of sp³-hybridized carbons (Fsp3) is 0.533. The summed E-state index contributed by atoms with van der Waals surface area (Å²) in [4.78, 5) is 18.3. The molecule has 0 aliphatic carbocycles. The molecule has 0 saturated heterocycles. The van der Waals surface area contributed by atoms with Gasteiger partial charge in [0.25, 0.3) is 0 Å². The van der Waals surface area contributed by atoms with E-state index in [1.807, 2.05) is 25.7 Å². The van der Waals surface area contributed by atoms with Crippen molar-refractivity contribution in [2.24, 2.45) is 5.92 Å². The normalized spacial score (nSPS) is 19.3. The molecule has 0 spiro atoms. The van der Waals surface area contributed by atoms with Gasteiger partial charge in [-0.05, 0) is 13.3 Å². The van der Waals surface area contributed by atoms with Gasteiger partial charge in [0.1, 0.15) is 24.0 Å². The molecule has 106 valence electrons. The largest absolute Gasteiger partial charge is 0.490 e. The standard InChI is InChI=1S/C15H19N3O2/c1-4-10(2)15(19)18-8-13-7-17-6-12(5-16)14(13)20-9-11(18)3/h6-7,10-11H,4,8-9H2,1-3H3/t10?,11-/m1/s1. The van der Waals surface area contributed by atoms with Crippen molar-refractivity contribution in [1.82, 2.24) is 9.88 Å². The topological polar surface area (TPSA) is 66.2 Å². The molecule has 5 nitrogen and oxygen atoms in total. The zero-order valence-electron chi connectivity index (χ0n) is 12.1. The van der Waals surface area contributed by atoms with E-state index in [1.54, 1.807) is 6.20 Å². The maximum absolute atomic E-state index is 12.4. The predicted molar refractivity (Wildman–Crippen MR) is 73.9 cm³/mol. The molecule has 2 atom stereocenters. The summed E-state index contributed by atoms with van der Waals surface area (Å²) in [5.74, 6) is 0.679. The SMILES string of the molecule is CCC(C)C(=O)N1Cc2cncc(C#N)c2OC[C@H]1C. The van der Waals surface area contributed by atoms with Gasteiger partial charge in [-0.15, -0.1) is 0 Å². The Morgan fingerprint density at radius 2 is 2.40 bits per heavy atom. The van der Waals surface area contributed by atoms with Crippen molar-refractivity contribution >= 4 is 5.91 Å². The number of ether oxygens (including phenoxy) is 1. The summed E-state index contributed by atoms with van der Waals surface area (Å²) in [6.45, 7) is 6.75. The molecule has 1 unspecified atom stereocenters. The van der Waals surface area contributed by atoms with Gasteiger partial charge in [-0.2, -0.15) is 5.26 Å². The minimum absolute atomic E-state index is 0.00823. The molecular formula is C15H19N3O2. The Bertz CT molecular complexity index is 551. The van der Waals surface area contributed by atoms with E-state index in [9.17, 15) is 4.79 Å². The van der Waals surface area contributed by atoms with Crippen LogP contribution in [0.4, 0.5) is 0 Å². The number of aromatic nitrogens is 1. The lowest BCUT2D eigenvalue weighted by Gasteiger charge is -2.28. The lowest BCUT2D eigenvalue weighted by atomic mass is 10.1. The van der Waals surface area contributed by atoms with Gasteiger partial charge in [0, 0.05) is 23.9 Å². The van der Waals surface area contributed by atoms with Gasteiger partial charge in [0.05, 0.1) is 12.6 Å². The number of fused-ring (bicyclic) bond motifs is 1. The number of nitrogens with zero attached hydrogens (tertiary/aromatic N) is 3. The number of nitriles is 1. The first kappa shape index (κ1) is 14.3. The third kappa shape index (κ3) is 2.60. The first-order valence-corrected chi connectivity index (χ1v) is 6.88. The molecule has 2 rings (SSSR count). The lowest BCUT2D eigenvalue weighted by molar-refractivity contribution is -0.138. The van der Waals surface area contributed by atoms with E-state index in [4.69, 9.17) is 10.00 Å². The average Bonchev–Trinajstić information content (AvgIpc) is 2.64. The summed E-state index contributed by atoms with van der Waals surface area (Å²) in [7, 11) is 0. The van der Waals surface area contributed by atoms with Crippen molar-refractivity contribution in [1.29, 1.82) is 5.26 Å². The molecule has 1 amide bonds. The van der Waals surface area contributed by atoms with E-state index in [1.165, 1.54) is 6.20 Å². The van der Waals surface area contributed by atoms with Crippen LogP contribution >= 0.6 is 0 Å². The molecule has 1 aromatic rings. The minimum atomic E-state index is -0.0181. The Morgan fingerprint density at radius 1 is 1.65 bits per heavy atom. The van der Waals surface area contributed by atoms with Crippen molar-refractivity contribution in [3.05, 3.63) is 23.5 Å².